The van der Waals surface area contributed by atoms with Gasteiger partial charge in [0.05, 0.1) is 17.0 Å². The molecule has 112 valence electrons. The average molecular weight is 289 g/mol. The normalized spacial score (nSPS) is 27.7. The van der Waals surface area contributed by atoms with Crippen molar-refractivity contribution in [2.24, 2.45) is 11.8 Å². The van der Waals surface area contributed by atoms with Crippen LogP contribution in [0.25, 0.3) is 0 Å². The van der Waals surface area contributed by atoms with Gasteiger partial charge in [0, 0.05) is 6.54 Å². The zero-order chi connectivity index (χ0) is 15.1. The molecule has 1 aliphatic heterocycles. The second-order valence-electron chi connectivity index (χ2n) is 6.08. The maximum Gasteiger partial charge on any atom is 0.326 e. The molecule has 1 aliphatic carbocycles. The molecule has 1 saturated heterocycles. The second-order valence-corrected chi connectivity index (χ2v) is 6.08. The van der Waals surface area contributed by atoms with Crippen LogP contribution in [0.4, 0.5) is 0 Å². The molecule has 1 saturated carbocycles. The predicted molar refractivity (Wildman–Crippen MR) is 74.8 cm³/mol. The lowest BCUT2D eigenvalue weighted by Crippen LogP contribution is -2.43. The molecule has 1 N–H and O–H groups in total. The smallest absolute Gasteiger partial charge is 0.326 e. The van der Waals surface area contributed by atoms with E-state index in [2.05, 4.69) is 10.2 Å². The lowest BCUT2D eigenvalue weighted by atomic mass is 9.94. The van der Waals surface area contributed by atoms with E-state index in [4.69, 9.17) is 0 Å². The number of likely N-dealkylation sites (tertiary alicyclic amines) is 1. The van der Waals surface area contributed by atoms with Crippen molar-refractivity contribution in [1.82, 2.24) is 15.1 Å². The largest absolute Gasteiger partial charge is 0.480 e. The van der Waals surface area contributed by atoms with Crippen LogP contribution in [-0.2, 0) is 4.79 Å². The Hall–Kier alpha value is -1.98. The number of carboxylic acids is 1. The Labute approximate surface area is 123 Å². The van der Waals surface area contributed by atoms with Crippen LogP contribution >= 0.6 is 0 Å². The van der Waals surface area contributed by atoms with E-state index < -0.39 is 12.0 Å². The summed E-state index contributed by atoms with van der Waals surface area (Å²) in [5.41, 5.74) is 1.68. The topological polar surface area (TPSA) is 83.4 Å². The van der Waals surface area contributed by atoms with Crippen molar-refractivity contribution in [1.29, 1.82) is 0 Å². The molecule has 21 heavy (non-hydrogen) atoms. The zero-order valence-corrected chi connectivity index (χ0v) is 12.2. The molecule has 0 aromatic carbocycles. The van der Waals surface area contributed by atoms with Crippen molar-refractivity contribution in [3.8, 4) is 0 Å². The number of hydrogen-bond donors (Lipinski definition) is 1. The van der Waals surface area contributed by atoms with Gasteiger partial charge in [0.15, 0.2) is 0 Å². The summed E-state index contributed by atoms with van der Waals surface area (Å²) in [6.07, 6.45) is 2.99. The number of aliphatic carboxylic acids is 1. The number of hydrogen-bond acceptors (Lipinski definition) is 4. The van der Waals surface area contributed by atoms with Gasteiger partial charge in [0.25, 0.3) is 5.91 Å². The summed E-state index contributed by atoms with van der Waals surface area (Å²) in [6.45, 7) is 4.05. The van der Waals surface area contributed by atoms with Crippen molar-refractivity contribution in [2.45, 2.75) is 39.2 Å². The van der Waals surface area contributed by atoms with Crippen molar-refractivity contribution < 1.29 is 14.7 Å². The SMILES string of the molecule is Cc1cc(C(=O)N2CC3CCCC3C2C(=O)O)c(C)nn1. The first-order valence-electron chi connectivity index (χ1n) is 7.33. The third-order valence-corrected chi connectivity index (χ3v) is 4.74. The average Bonchev–Trinajstić information content (AvgIpc) is 3.00. The summed E-state index contributed by atoms with van der Waals surface area (Å²) in [7, 11) is 0. The van der Waals surface area contributed by atoms with Crippen molar-refractivity contribution in [3.63, 3.8) is 0 Å². The molecule has 6 heteroatoms. The minimum atomic E-state index is -0.894. The Bertz CT molecular complexity index is 602. The van der Waals surface area contributed by atoms with E-state index in [9.17, 15) is 14.7 Å². The molecule has 6 nitrogen and oxygen atoms in total. The number of rotatable bonds is 2. The Balaban J connectivity index is 1.93. The van der Waals surface area contributed by atoms with Crippen molar-refractivity contribution in [2.75, 3.05) is 6.54 Å². The highest BCUT2D eigenvalue weighted by atomic mass is 16.4. The van der Waals surface area contributed by atoms with Gasteiger partial charge >= 0.3 is 5.97 Å². The van der Waals surface area contributed by atoms with Gasteiger partial charge in [-0.05, 0) is 44.6 Å². The highest BCUT2D eigenvalue weighted by Crippen LogP contribution is 2.42. The first-order chi connectivity index (χ1) is 9.99. The standard InChI is InChI=1S/C15H19N3O3/c1-8-6-12(9(2)17-16-8)14(19)18-7-10-4-3-5-11(10)13(18)15(20)21/h6,10-11,13H,3-5,7H2,1-2H3,(H,20,21). The van der Waals surface area contributed by atoms with Crippen LogP contribution < -0.4 is 0 Å². The van der Waals surface area contributed by atoms with Gasteiger partial charge in [-0.2, -0.15) is 10.2 Å². The predicted octanol–water partition coefficient (Wildman–Crippen LogP) is 1.42. The summed E-state index contributed by atoms with van der Waals surface area (Å²) in [4.78, 5) is 25.9. The lowest BCUT2D eigenvalue weighted by molar-refractivity contribution is -0.142. The van der Waals surface area contributed by atoms with Crippen molar-refractivity contribution >= 4 is 11.9 Å². The van der Waals surface area contributed by atoms with Crippen molar-refractivity contribution in [3.05, 3.63) is 23.0 Å². The van der Waals surface area contributed by atoms with E-state index >= 15 is 0 Å². The van der Waals surface area contributed by atoms with E-state index in [-0.39, 0.29) is 11.8 Å². The Kier molecular flexibility index (Phi) is 3.39. The Morgan fingerprint density at radius 1 is 1.29 bits per heavy atom. The van der Waals surface area contributed by atoms with Gasteiger partial charge in [-0.1, -0.05) is 6.42 Å². The van der Waals surface area contributed by atoms with Crippen LogP contribution in [0.15, 0.2) is 6.07 Å². The fourth-order valence-electron chi connectivity index (χ4n) is 3.75. The third-order valence-electron chi connectivity index (χ3n) is 4.74. The van der Waals surface area contributed by atoms with E-state index in [1.807, 2.05) is 0 Å². The number of nitrogens with zero attached hydrogens (tertiary/aromatic N) is 3. The zero-order valence-electron chi connectivity index (χ0n) is 12.2. The van der Waals surface area contributed by atoms with Gasteiger partial charge in [-0.3, -0.25) is 4.79 Å². The lowest BCUT2D eigenvalue weighted by Gasteiger charge is -2.24. The fraction of sp³-hybridized carbons (Fsp3) is 0.600. The van der Waals surface area contributed by atoms with Crippen LogP contribution in [0, 0.1) is 25.7 Å². The number of aromatic nitrogens is 2. The molecule has 1 amide bonds. The maximum atomic E-state index is 12.8. The van der Waals surface area contributed by atoms with E-state index in [1.165, 1.54) is 4.90 Å². The molecule has 2 aliphatic rings. The first kappa shape index (κ1) is 14.0. The minimum Gasteiger partial charge on any atom is -0.480 e. The molecule has 2 fully saturated rings. The van der Waals surface area contributed by atoms with E-state index in [0.29, 0.717) is 29.4 Å². The summed E-state index contributed by atoms with van der Waals surface area (Å²) < 4.78 is 0. The van der Waals surface area contributed by atoms with Crippen LogP contribution in [0.5, 0.6) is 0 Å². The van der Waals surface area contributed by atoms with Crippen LogP contribution in [-0.4, -0.2) is 44.7 Å². The van der Waals surface area contributed by atoms with Gasteiger partial charge in [0.1, 0.15) is 6.04 Å². The number of amides is 1. The molecule has 0 radical (unpaired) electrons. The first-order valence-corrected chi connectivity index (χ1v) is 7.33. The maximum absolute atomic E-state index is 12.8. The van der Waals surface area contributed by atoms with Crippen LogP contribution in [0.2, 0.25) is 0 Å². The number of carbonyl (C=O) groups is 2. The molecule has 1 aromatic heterocycles. The van der Waals surface area contributed by atoms with Gasteiger partial charge in [0.2, 0.25) is 0 Å². The fourth-order valence-corrected chi connectivity index (χ4v) is 3.75. The molecule has 0 spiro atoms. The van der Waals surface area contributed by atoms with Crippen LogP contribution in [0.3, 0.4) is 0 Å². The van der Waals surface area contributed by atoms with Gasteiger partial charge in [-0.15, -0.1) is 0 Å². The van der Waals surface area contributed by atoms with Gasteiger partial charge in [-0.25, -0.2) is 4.79 Å². The molecular formula is C15H19N3O3. The number of carboxylic acid groups (broad SMARTS) is 1. The third kappa shape index (κ3) is 2.28. The molecule has 2 heterocycles. The quantitative estimate of drug-likeness (QED) is 0.890. The summed E-state index contributed by atoms with van der Waals surface area (Å²) in [6, 6.07) is 0.996. The molecule has 0 bridgehead atoms. The Morgan fingerprint density at radius 3 is 2.76 bits per heavy atom. The number of fused-ring (bicyclic) bond motifs is 1. The monoisotopic (exact) mass is 289 g/mol. The summed E-state index contributed by atoms with van der Waals surface area (Å²) in [5, 5.41) is 17.4. The van der Waals surface area contributed by atoms with Gasteiger partial charge < -0.3 is 10.0 Å². The highest BCUT2D eigenvalue weighted by molar-refractivity contribution is 5.98. The second kappa shape index (κ2) is 5.09. The molecule has 3 rings (SSSR count). The molecule has 3 unspecified atom stereocenters. The number of carbonyl (C=O) groups excluding carboxylic acids is 1. The molecule has 3 atom stereocenters. The molecular weight excluding hydrogens is 270 g/mol. The molecule has 1 aromatic rings. The Morgan fingerprint density at radius 2 is 2.05 bits per heavy atom. The van der Waals surface area contributed by atoms with Crippen LogP contribution in [0.1, 0.15) is 41.0 Å². The summed E-state index contributed by atoms with van der Waals surface area (Å²) in [5.74, 6) is -0.699. The number of aryl methyl sites for hydroxylation is 2. The van der Waals surface area contributed by atoms with E-state index in [0.717, 1.165) is 19.3 Å². The van der Waals surface area contributed by atoms with E-state index in [1.54, 1.807) is 19.9 Å². The highest BCUT2D eigenvalue weighted by Gasteiger charge is 2.49. The summed E-state index contributed by atoms with van der Waals surface area (Å²) >= 11 is 0. The minimum absolute atomic E-state index is 0.0997.